The average Bonchev–Trinajstić information content (AvgIpc) is 3.17. The number of aromatic nitrogens is 2. The highest BCUT2D eigenvalue weighted by molar-refractivity contribution is 7.07. The van der Waals surface area contributed by atoms with Crippen LogP contribution < -0.4 is 5.32 Å². The van der Waals surface area contributed by atoms with E-state index in [0.29, 0.717) is 13.0 Å². The van der Waals surface area contributed by atoms with E-state index in [4.69, 9.17) is 0 Å². The summed E-state index contributed by atoms with van der Waals surface area (Å²) in [7, 11) is 1.74. The smallest absolute Gasteiger partial charge is 0.226 e. The van der Waals surface area contributed by atoms with Crippen LogP contribution in [0.2, 0.25) is 0 Å². The molecule has 3 heterocycles. The predicted octanol–water partition coefficient (Wildman–Crippen LogP) is 1.42. The number of carbonyl (C=O) groups is 2. The van der Waals surface area contributed by atoms with Crippen molar-refractivity contribution in [2.24, 2.45) is 5.92 Å². The van der Waals surface area contributed by atoms with Crippen molar-refractivity contribution in [2.45, 2.75) is 18.9 Å². The third-order valence-corrected chi connectivity index (χ3v) is 4.75. The molecule has 0 spiro atoms. The molecule has 0 bridgehead atoms. The molecule has 1 fully saturated rings. The summed E-state index contributed by atoms with van der Waals surface area (Å²) in [5.41, 5.74) is 3.64. The van der Waals surface area contributed by atoms with E-state index in [0.717, 1.165) is 11.3 Å². The van der Waals surface area contributed by atoms with Gasteiger partial charge in [0, 0.05) is 44.2 Å². The average molecular weight is 330 g/mol. The minimum Gasteiger partial charge on any atom is -0.355 e. The lowest BCUT2D eigenvalue weighted by Crippen LogP contribution is -2.35. The Bertz CT molecular complexity index is 675. The van der Waals surface area contributed by atoms with E-state index >= 15 is 0 Å². The Hall–Kier alpha value is -2.28. The number of hydrogen-bond donors (Lipinski definition) is 1. The van der Waals surface area contributed by atoms with Crippen LogP contribution in [0.4, 0.5) is 0 Å². The monoisotopic (exact) mass is 330 g/mol. The lowest BCUT2D eigenvalue weighted by atomic mass is 9.94. The number of amides is 2. The lowest BCUT2D eigenvalue weighted by molar-refractivity contribution is -0.128. The van der Waals surface area contributed by atoms with Crippen molar-refractivity contribution >= 4 is 23.2 Å². The van der Waals surface area contributed by atoms with Crippen molar-refractivity contribution in [1.29, 1.82) is 0 Å². The lowest BCUT2D eigenvalue weighted by Gasteiger charge is -2.24. The van der Waals surface area contributed by atoms with Crippen LogP contribution in [0.3, 0.4) is 0 Å². The van der Waals surface area contributed by atoms with Crippen molar-refractivity contribution in [3.63, 3.8) is 0 Å². The molecule has 2 aromatic heterocycles. The summed E-state index contributed by atoms with van der Waals surface area (Å²) >= 11 is 1.54. The molecule has 2 aromatic rings. The number of pyridine rings is 1. The second-order valence-electron chi connectivity index (χ2n) is 5.57. The van der Waals surface area contributed by atoms with Crippen molar-refractivity contribution in [2.75, 3.05) is 13.6 Å². The van der Waals surface area contributed by atoms with E-state index in [-0.39, 0.29) is 30.2 Å². The number of rotatable bonds is 5. The second kappa shape index (κ2) is 6.87. The first-order chi connectivity index (χ1) is 11.2. The second-order valence-corrected chi connectivity index (χ2v) is 6.29. The van der Waals surface area contributed by atoms with E-state index in [1.807, 2.05) is 17.5 Å². The molecular formula is C16H18N4O2S. The van der Waals surface area contributed by atoms with Gasteiger partial charge in [0.05, 0.1) is 23.2 Å². The topological polar surface area (TPSA) is 75.2 Å². The van der Waals surface area contributed by atoms with Gasteiger partial charge in [-0.15, -0.1) is 11.3 Å². The highest BCUT2D eigenvalue weighted by atomic mass is 32.1. The molecule has 0 aromatic carbocycles. The fraction of sp³-hybridized carbons (Fsp3) is 0.375. The van der Waals surface area contributed by atoms with E-state index in [1.165, 1.54) is 11.3 Å². The number of thiazole rings is 1. The Morgan fingerprint density at radius 1 is 1.52 bits per heavy atom. The van der Waals surface area contributed by atoms with Gasteiger partial charge in [0.2, 0.25) is 11.8 Å². The quantitative estimate of drug-likeness (QED) is 0.899. The number of nitrogens with one attached hydrogen (secondary N) is 1. The van der Waals surface area contributed by atoms with Crippen LogP contribution in [-0.4, -0.2) is 40.3 Å². The number of carbonyl (C=O) groups excluding carboxylic acids is 2. The molecular weight excluding hydrogens is 312 g/mol. The molecule has 1 aliphatic rings. The third kappa shape index (κ3) is 3.39. The highest BCUT2D eigenvalue weighted by Crippen LogP contribution is 2.36. The first kappa shape index (κ1) is 15.6. The van der Waals surface area contributed by atoms with Crippen LogP contribution in [0.1, 0.15) is 23.7 Å². The van der Waals surface area contributed by atoms with Gasteiger partial charge in [-0.25, -0.2) is 4.98 Å². The van der Waals surface area contributed by atoms with Gasteiger partial charge in [0.25, 0.3) is 0 Å². The van der Waals surface area contributed by atoms with E-state index < -0.39 is 0 Å². The van der Waals surface area contributed by atoms with Crippen molar-refractivity contribution in [1.82, 2.24) is 20.2 Å². The van der Waals surface area contributed by atoms with Crippen molar-refractivity contribution in [3.8, 4) is 0 Å². The van der Waals surface area contributed by atoms with Crippen LogP contribution in [0.5, 0.6) is 0 Å². The number of hydrogen-bond acceptors (Lipinski definition) is 5. The summed E-state index contributed by atoms with van der Waals surface area (Å²) in [6.45, 7) is 0.525. The summed E-state index contributed by atoms with van der Waals surface area (Å²) < 4.78 is 0. The van der Waals surface area contributed by atoms with E-state index in [2.05, 4.69) is 15.3 Å². The number of likely N-dealkylation sites (tertiary alicyclic amines) is 1. The Kier molecular flexibility index (Phi) is 4.66. The fourth-order valence-corrected chi connectivity index (χ4v) is 3.51. The zero-order chi connectivity index (χ0) is 16.2. The molecule has 0 aliphatic carbocycles. The predicted molar refractivity (Wildman–Crippen MR) is 86.7 cm³/mol. The normalized spacial score (nSPS) is 20.7. The molecule has 0 saturated carbocycles. The van der Waals surface area contributed by atoms with Gasteiger partial charge in [-0.1, -0.05) is 6.07 Å². The summed E-state index contributed by atoms with van der Waals surface area (Å²) in [5, 5.41) is 4.90. The maximum Gasteiger partial charge on any atom is 0.226 e. The molecule has 3 rings (SSSR count). The molecule has 2 amide bonds. The summed E-state index contributed by atoms with van der Waals surface area (Å²) in [6, 6.07) is 3.47. The van der Waals surface area contributed by atoms with Crippen LogP contribution in [0.25, 0.3) is 0 Å². The molecule has 0 radical (unpaired) electrons. The van der Waals surface area contributed by atoms with Gasteiger partial charge in [0.15, 0.2) is 0 Å². The number of nitrogens with zero attached hydrogens (tertiary/aromatic N) is 3. The largest absolute Gasteiger partial charge is 0.355 e. The maximum atomic E-state index is 12.5. The van der Waals surface area contributed by atoms with Gasteiger partial charge in [-0.05, 0) is 11.6 Å². The SMILES string of the molecule is CN1C(=O)CC(C(=O)NCCc2cscn2)C1c1cccnc1. The Labute approximate surface area is 138 Å². The Balaban J connectivity index is 1.66. The van der Waals surface area contributed by atoms with Crippen LogP contribution in [0.15, 0.2) is 35.4 Å². The first-order valence-electron chi connectivity index (χ1n) is 7.47. The molecule has 23 heavy (non-hydrogen) atoms. The Morgan fingerprint density at radius 2 is 2.39 bits per heavy atom. The van der Waals surface area contributed by atoms with Gasteiger partial charge >= 0.3 is 0 Å². The summed E-state index contributed by atoms with van der Waals surface area (Å²) in [4.78, 5) is 34.5. The molecule has 1 aliphatic heterocycles. The molecule has 7 heteroatoms. The van der Waals surface area contributed by atoms with Gasteiger partial charge in [-0.3, -0.25) is 14.6 Å². The van der Waals surface area contributed by atoms with Gasteiger partial charge in [0.1, 0.15) is 0 Å². The molecule has 1 saturated heterocycles. The van der Waals surface area contributed by atoms with Gasteiger partial charge in [-0.2, -0.15) is 0 Å². The first-order valence-corrected chi connectivity index (χ1v) is 8.41. The Morgan fingerprint density at radius 3 is 3.09 bits per heavy atom. The van der Waals surface area contributed by atoms with Crippen LogP contribution in [-0.2, 0) is 16.0 Å². The third-order valence-electron chi connectivity index (χ3n) is 4.11. The highest BCUT2D eigenvalue weighted by Gasteiger charge is 2.42. The van der Waals surface area contributed by atoms with E-state index in [1.54, 1.807) is 29.9 Å². The van der Waals surface area contributed by atoms with Crippen molar-refractivity contribution in [3.05, 3.63) is 46.7 Å². The van der Waals surface area contributed by atoms with Crippen LogP contribution >= 0.6 is 11.3 Å². The molecule has 120 valence electrons. The zero-order valence-electron chi connectivity index (χ0n) is 12.8. The van der Waals surface area contributed by atoms with Gasteiger partial charge < -0.3 is 10.2 Å². The molecule has 6 nitrogen and oxygen atoms in total. The molecule has 1 N–H and O–H groups in total. The van der Waals surface area contributed by atoms with E-state index in [9.17, 15) is 9.59 Å². The standard InChI is InChI=1S/C16H18N4O2S/c1-20-14(21)7-13(15(20)11-3-2-5-17-8-11)16(22)18-6-4-12-9-23-10-19-12/h2-3,5,8-10,13,15H,4,6-7H2,1H3,(H,18,22). The van der Waals surface area contributed by atoms with Crippen molar-refractivity contribution < 1.29 is 9.59 Å². The maximum absolute atomic E-state index is 12.5. The zero-order valence-corrected chi connectivity index (χ0v) is 13.6. The molecule has 2 atom stereocenters. The fourth-order valence-electron chi connectivity index (χ4n) is 2.92. The summed E-state index contributed by atoms with van der Waals surface area (Å²) in [5.74, 6) is -0.488. The minimum absolute atomic E-state index is 0.0153. The minimum atomic E-state index is -0.382. The van der Waals surface area contributed by atoms with Crippen LogP contribution in [0, 0.1) is 5.92 Å². The summed E-state index contributed by atoms with van der Waals surface area (Å²) in [6.07, 6.45) is 4.33. The molecule has 2 unspecified atom stereocenters.